The Hall–Kier alpha value is -3.89. The van der Waals surface area contributed by atoms with Gasteiger partial charge in [-0.3, -0.25) is 0 Å². The number of nitrogens with zero attached hydrogens (tertiary/aromatic N) is 6. The molecule has 0 aliphatic rings. The highest BCUT2D eigenvalue weighted by Crippen LogP contribution is 2.35. The van der Waals surface area contributed by atoms with E-state index in [2.05, 4.69) is 25.0 Å². The summed E-state index contributed by atoms with van der Waals surface area (Å²) in [5.41, 5.74) is 15.2. The second-order valence-electron chi connectivity index (χ2n) is 8.09. The van der Waals surface area contributed by atoms with Crippen LogP contribution in [0.4, 0.5) is 20.4 Å². The molecular weight excluding hydrogens is 509 g/mol. The van der Waals surface area contributed by atoms with Gasteiger partial charge in [0.2, 0.25) is 0 Å². The van der Waals surface area contributed by atoms with Crippen molar-refractivity contribution in [2.45, 2.75) is 19.3 Å². The molecule has 1 atom stereocenters. The predicted molar refractivity (Wildman–Crippen MR) is 134 cm³/mol. The highest BCUT2D eigenvalue weighted by atomic mass is 35.5. The number of fused-ring (bicyclic) bond motifs is 1. The van der Waals surface area contributed by atoms with E-state index in [0.717, 1.165) is 6.20 Å². The Morgan fingerprint density at radius 3 is 2.42 bits per heavy atom. The molecule has 4 heterocycles. The molecule has 36 heavy (non-hydrogen) atoms. The number of rotatable bonds is 5. The van der Waals surface area contributed by atoms with Crippen molar-refractivity contribution in [3.63, 3.8) is 0 Å². The van der Waals surface area contributed by atoms with Crippen LogP contribution >= 0.6 is 23.2 Å². The topological polar surface area (TPSA) is 121 Å². The molecule has 1 aromatic carbocycles. The van der Waals surface area contributed by atoms with Gasteiger partial charge in [0.15, 0.2) is 0 Å². The average Bonchev–Trinajstić information content (AvgIpc) is 3.17. The van der Waals surface area contributed by atoms with Gasteiger partial charge in [-0.25, -0.2) is 18.7 Å². The van der Waals surface area contributed by atoms with Crippen molar-refractivity contribution in [2.75, 3.05) is 11.5 Å². The first kappa shape index (κ1) is 23.8. The minimum Gasteiger partial charge on any atom is -0.383 e. The lowest BCUT2D eigenvalue weighted by Gasteiger charge is -2.17. The highest BCUT2D eigenvalue weighted by molar-refractivity contribution is 6.32. The van der Waals surface area contributed by atoms with Crippen LogP contribution in [0.15, 0.2) is 48.7 Å². The zero-order chi connectivity index (χ0) is 25.6. The summed E-state index contributed by atoms with van der Waals surface area (Å²) in [4.78, 5) is 17.0. The first-order valence-corrected chi connectivity index (χ1v) is 11.5. The van der Waals surface area contributed by atoms with Crippen LogP contribution in [0, 0.1) is 11.6 Å². The first-order chi connectivity index (χ1) is 17.2. The summed E-state index contributed by atoms with van der Waals surface area (Å²) in [6.07, 6.45) is 1.19. The van der Waals surface area contributed by atoms with Gasteiger partial charge in [0.1, 0.15) is 39.1 Å². The van der Waals surface area contributed by atoms with Gasteiger partial charge in [0.05, 0.1) is 17.4 Å². The van der Waals surface area contributed by atoms with Gasteiger partial charge >= 0.3 is 0 Å². The monoisotopic (exact) mass is 526 g/mol. The Morgan fingerprint density at radius 1 is 1.00 bits per heavy atom. The van der Waals surface area contributed by atoms with Gasteiger partial charge in [0.25, 0.3) is 5.95 Å². The molecule has 0 fully saturated rings. The summed E-state index contributed by atoms with van der Waals surface area (Å²) in [5, 5.41) is 4.97. The Balaban J connectivity index is 1.61. The van der Waals surface area contributed by atoms with Gasteiger partial charge < -0.3 is 11.5 Å². The van der Waals surface area contributed by atoms with Gasteiger partial charge in [-0.2, -0.15) is 19.7 Å². The molecular formula is C24H18Cl2F2N8. The van der Waals surface area contributed by atoms with Crippen molar-refractivity contribution in [1.29, 1.82) is 0 Å². The number of hydrogen-bond donors (Lipinski definition) is 2. The number of aromatic nitrogens is 6. The third-order valence-corrected chi connectivity index (χ3v) is 6.31. The van der Waals surface area contributed by atoms with Crippen LogP contribution in [0.2, 0.25) is 10.3 Å². The van der Waals surface area contributed by atoms with Crippen LogP contribution in [0.3, 0.4) is 0 Å². The fourth-order valence-corrected chi connectivity index (χ4v) is 4.57. The predicted octanol–water partition coefficient (Wildman–Crippen LogP) is 5.10. The Morgan fingerprint density at radius 2 is 1.72 bits per heavy atom. The standard InChI is InChI=1S/C24H18Cl2F2N8/c1-11(14-6-7-18(25)32-21(14)26)19-22(29)33-24(34-23(19)30)36-17-9-13(27)10-31-20(17)16(35-36)8-12-4-2-3-5-15(12)28/h2-7,9-11H,8H2,1H3,(H4,29,30,33,34). The molecule has 4 N–H and O–H groups in total. The van der Waals surface area contributed by atoms with Crippen LogP contribution in [0.25, 0.3) is 17.0 Å². The summed E-state index contributed by atoms with van der Waals surface area (Å²) in [6.45, 7) is 1.83. The molecule has 12 heteroatoms. The maximum absolute atomic E-state index is 14.3. The molecule has 182 valence electrons. The molecule has 0 aliphatic heterocycles. The molecule has 0 aliphatic carbocycles. The molecule has 5 aromatic rings. The summed E-state index contributed by atoms with van der Waals surface area (Å²) in [5.74, 6) is -1.20. The summed E-state index contributed by atoms with van der Waals surface area (Å²) < 4.78 is 29.7. The second-order valence-corrected chi connectivity index (χ2v) is 8.84. The summed E-state index contributed by atoms with van der Waals surface area (Å²) in [6, 6.07) is 10.9. The van der Waals surface area contributed by atoms with Gasteiger partial charge in [0, 0.05) is 24.0 Å². The van der Waals surface area contributed by atoms with E-state index >= 15 is 0 Å². The number of nitrogens with two attached hydrogens (primary N) is 2. The smallest absolute Gasteiger partial charge is 0.255 e. The molecule has 8 nitrogen and oxygen atoms in total. The van der Waals surface area contributed by atoms with Gasteiger partial charge in [-0.1, -0.05) is 54.4 Å². The second kappa shape index (κ2) is 9.29. The van der Waals surface area contributed by atoms with E-state index in [-0.39, 0.29) is 45.6 Å². The molecule has 0 saturated carbocycles. The van der Waals surface area contributed by atoms with E-state index in [1.165, 1.54) is 16.8 Å². The zero-order valence-corrected chi connectivity index (χ0v) is 20.3. The lowest BCUT2D eigenvalue weighted by Crippen LogP contribution is -2.14. The third kappa shape index (κ3) is 4.29. The van der Waals surface area contributed by atoms with Crippen molar-refractivity contribution in [3.8, 4) is 5.95 Å². The summed E-state index contributed by atoms with van der Waals surface area (Å²) >= 11 is 12.2. The van der Waals surface area contributed by atoms with Gasteiger partial charge in [-0.15, -0.1) is 0 Å². The molecule has 4 aromatic heterocycles. The molecule has 0 radical (unpaired) electrons. The summed E-state index contributed by atoms with van der Waals surface area (Å²) in [7, 11) is 0. The molecule has 5 rings (SSSR count). The van der Waals surface area contributed by atoms with E-state index in [0.29, 0.717) is 27.9 Å². The molecule has 0 bridgehead atoms. The van der Waals surface area contributed by atoms with E-state index in [9.17, 15) is 8.78 Å². The SMILES string of the molecule is CC(c1ccc(Cl)nc1Cl)c1c(N)nc(-n2nc(Cc3ccccc3F)c3ncc(F)cc32)nc1N. The minimum atomic E-state index is -0.586. The van der Waals surface area contributed by atoms with Crippen LogP contribution in [0.1, 0.15) is 35.2 Å². The van der Waals surface area contributed by atoms with Crippen molar-refractivity contribution in [3.05, 3.63) is 93.0 Å². The number of hydrogen-bond acceptors (Lipinski definition) is 7. The third-order valence-electron chi connectivity index (χ3n) is 5.80. The lowest BCUT2D eigenvalue weighted by atomic mass is 9.95. The van der Waals surface area contributed by atoms with E-state index in [1.807, 2.05) is 6.92 Å². The lowest BCUT2D eigenvalue weighted by molar-refractivity contribution is 0.613. The Kier molecular flexibility index (Phi) is 6.15. The van der Waals surface area contributed by atoms with Crippen LogP contribution in [-0.4, -0.2) is 29.7 Å². The van der Waals surface area contributed by atoms with Crippen molar-refractivity contribution >= 4 is 45.9 Å². The molecule has 0 amide bonds. The maximum atomic E-state index is 14.3. The van der Waals surface area contributed by atoms with Gasteiger partial charge in [-0.05, 0) is 23.3 Å². The Bertz CT molecular complexity index is 1600. The normalized spacial score (nSPS) is 12.2. The van der Waals surface area contributed by atoms with E-state index in [4.69, 9.17) is 34.7 Å². The fourth-order valence-electron chi connectivity index (χ4n) is 4.06. The van der Waals surface area contributed by atoms with E-state index < -0.39 is 11.7 Å². The number of benzene rings is 1. The molecule has 1 unspecified atom stereocenters. The molecule has 0 spiro atoms. The van der Waals surface area contributed by atoms with Crippen molar-refractivity contribution in [1.82, 2.24) is 29.7 Å². The van der Waals surface area contributed by atoms with Crippen molar-refractivity contribution < 1.29 is 8.78 Å². The van der Waals surface area contributed by atoms with Crippen LogP contribution in [-0.2, 0) is 6.42 Å². The largest absolute Gasteiger partial charge is 0.383 e. The number of halogens is 4. The van der Waals surface area contributed by atoms with E-state index in [1.54, 1.807) is 30.3 Å². The first-order valence-electron chi connectivity index (χ1n) is 10.7. The fraction of sp³-hybridized carbons (Fsp3) is 0.125. The minimum absolute atomic E-state index is 0.0125. The number of anilines is 2. The zero-order valence-electron chi connectivity index (χ0n) is 18.8. The number of nitrogen functional groups attached to an aromatic ring is 2. The Labute approximate surface area is 213 Å². The maximum Gasteiger partial charge on any atom is 0.255 e. The van der Waals surface area contributed by atoms with Crippen LogP contribution < -0.4 is 11.5 Å². The highest BCUT2D eigenvalue weighted by Gasteiger charge is 2.23. The average molecular weight is 527 g/mol. The van der Waals surface area contributed by atoms with Crippen molar-refractivity contribution in [2.24, 2.45) is 0 Å². The molecule has 0 saturated heterocycles. The quantitative estimate of drug-likeness (QED) is 0.305. The number of pyridine rings is 2. The van der Waals surface area contributed by atoms with Crippen LogP contribution in [0.5, 0.6) is 0 Å².